The van der Waals surface area contributed by atoms with Crippen molar-refractivity contribution in [1.82, 2.24) is 15.1 Å². The fourth-order valence-corrected chi connectivity index (χ4v) is 2.71. The van der Waals surface area contributed by atoms with Gasteiger partial charge in [0.2, 0.25) is 0 Å². The van der Waals surface area contributed by atoms with Crippen LogP contribution in [0.4, 0.5) is 5.69 Å². The lowest BCUT2D eigenvalue weighted by Crippen LogP contribution is -2.27. The highest BCUT2D eigenvalue weighted by atomic mass is 32.1. The lowest BCUT2D eigenvalue weighted by molar-refractivity contribution is 0.0812. The minimum Gasteiger partial charge on any atom is -0.397 e. The van der Waals surface area contributed by atoms with Crippen LogP contribution in [-0.4, -0.2) is 34.6 Å². The second-order valence-corrected chi connectivity index (χ2v) is 5.21. The van der Waals surface area contributed by atoms with Crippen molar-refractivity contribution in [3.8, 4) is 0 Å². The van der Waals surface area contributed by atoms with Gasteiger partial charge in [0.25, 0.3) is 5.91 Å². The second kappa shape index (κ2) is 4.73. The van der Waals surface area contributed by atoms with E-state index < -0.39 is 0 Å². The van der Waals surface area contributed by atoms with Crippen molar-refractivity contribution in [2.75, 3.05) is 19.3 Å². The maximum atomic E-state index is 12.2. The summed E-state index contributed by atoms with van der Waals surface area (Å²) in [7, 11) is 1.73. The molecule has 0 unspecified atom stereocenters. The van der Waals surface area contributed by atoms with Crippen LogP contribution in [0.25, 0.3) is 10.2 Å². The predicted molar refractivity (Wildman–Crippen MR) is 73.6 cm³/mol. The van der Waals surface area contributed by atoms with Crippen LogP contribution in [0.15, 0.2) is 24.4 Å². The van der Waals surface area contributed by atoms with Crippen molar-refractivity contribution in [3.05, 3.63) is 29.3 Å². The van der Waals surface area contributed by atoms with Gasteiger partial charge in [0.15, 0.2) is 0 Å². The van der Waals surface area contributed by atoms with Crippen molar-refractivity contribution < 1.29 is 4.79 Å². The quantitative estimate of drug-likeness (QED) is 0.858. The lowest BCUT2D eigenvalue weighted by Gasteiger charge is -2.16. The number of carbonyl (C=O) groups excluding carboxylic acids is 1. The molecule has 0 aromatic carbocycles. The zero-order chi connectivity index (χ0) is 13.3. The van der Waals surface area contributed by atoms with E-state index in [0.717, 1.165) is 11.0 Å². The molecule has 94 valence electrons. The minimum atomic E-state index is -0.112. The molecule has 0 atom stereocenters. The number of aromatic nitrogens is 2. The first kappa shape index (κ1) is 12.5. The molecule has 0 aliphatic heterocycles. The van der Waals surface area contributed by atoms with Crippen LogP contribution < -0.4 is 5.73 Å². The summed E-state index contributed by atoms with van der Waals surface area (Å²) < 4.78 is 0. The summed E-state index contributed by atoms with van der Waals surface area (Å²) in [5, 5.41) is 8.53. The summed E-state index contributed by atoms with van der Waals surface area (Å²) in [6.45, 7) is 6.18. The van der Waals surface area contributed by atoms with Crippen molar-refractivity contribution in [3.63, 3.8) is 0 Å². The van der Waals surface area contributed by atoms with Gasteiger partial charge in [-0.15, -0.1) is 16.4 Å². The summed E-state index contributed by atoms with van der Waals surface area (Å²) in [4.78, 5) is 15.0. The number of fused-ring (bicyclic) bond motifs is 1. The molecule has 2 N–H and O–H groups in total. The van der Waals surface area contributed by atoms with E-state index in [1.54, 1.807) is 24.2 Å². The number of nitrogens with zero attached hydrogens (tertiary/aromatic N) is 3. The molecular weight excluding hydrogens is 248 g/mol. The number of likely N-dealkylation sites (N-methyl/N-ethyl adjacent to an activating group) is 1. The van der Waals surface area contributed by atoms with Crippen molar-refractivity contribution in [2.24, 2.45) is 0 Å². The Labute approximate surface area is 109 Å². The molecule has 6 heteroatoms. The first-order valence-electron chi connectivity index (χ1n) is 5.40. The number of nitrogen functional groups attached to an aromatic ring is 1. The summed E-state index contributed by atoms with van der Waals surface area (Å²) in [6, 6.07) is 1.77. The maximum absolute atomic E-state index is 12.2. The number of carbonyl (C=O) groups is 1. The summed E-state index contributed by atoms with van der Waals surface area (Å²) in [5.74, 6) is -0.112. The van der Waals surface area contributed by atoms with Crippen LogP contribution in [0.1, 0.15) is 16.6 Å². The highest BCUT2D eigenvalue weighted by Gasteiger charge is 2.20. The molecule has 18 heavy (non-hydrogen) atoms. The number of nitrogens with two attached hydrogens (primary N) is 1. The number of amides is 1. The fraction of sp³-hybridized carbons (Fsp3) is 0.250. The molecule has 0 bridgehead atoms. The molecule has 5 nitrogen and oxygen atoms in total. The van der Waals surface area contributed by atoms with Crippen LogP contribution in [0, 0.1) is 0 Å². The van der Waals surface area contributed by atoms with E-state index in [9.17, 15) is 4.79 Å². The Morgan fingerprint density at radius 3 is 2.94 bits per heavy atom. The molecule has 0 aliphatic carbocycles. The molecule has 2 aromatic heterocycles. The zero-order valence-corrected chi connectivity index (χ0v) is 11.1. The molecule has 0 spiro atoms. The second-order valence-electron chi connectivity index (χ2n) is 4.21. The summed E-state index contributed by atoms with van der Waals surface area (Å²) >= 11 is 1.27. The smallest absolute Gasteiger partial charge is 0.266 e. The third-order valence-corrected chi connectivity index (χ3v) is 3.56. The van der Waals surface area contributed by atoms with E-state index in [1.165, 1.54) is 11.3 Å². The highest BCUT2D eigenvalue weighted by Crippen LogP contribution is 2.32. The van der Waals surface area contributed by atoms with Crippen LogP contribution in [0.3, 0.4) is 0 Å². The Kier molecular flexibility index (Phi) is 3.29. The standard InChI is InChI=1S/C12H14N4OS/c1-7(2)6-16(3)12(17)10-9(13)8-4-5-14-15-11(8)18-10/h4-5H,1,6,13H2,2-3H3. The van der Waals surface area contributed by atoms with Crippen LogP contribution >= 0.6 is 11.3 Å². The van der Waals surface area contributed by atoms with E-state index in [1.807, 2.05) is 6.92 Å². The molecule has 0 aliphatic rings. The van der Waals surface area contributed by atoms with Crippen LogP contribution in [0.2, 0.25) is 0 Å². The van der Waals surface area contributed by atoms with Gasteiger partial charge in [-0.05, 0) is 13.0 Å². The Hall–Kier alpha value is -1.95. The Morgan fingerprint density at radius 2 is 2.33 bits per heavy atom. The van der Waals surface area contributed by atoms with Crippen molar-refractivity contribution >= 4 is 33.1 Å². The van der Waals surface area contributed by atoms with E-state index >= 15 is 0 Å². The third kappa shape index (κ3) is 2.19. The van der Waals surface area contributed by atoms with Gasteiger partial charge >= 0.3 is 0 Å². The first-order valence-corrected chi connectivity index (χ1v) is 6.22. The average molecular weight is 262 g/mol. The van der Waals surface area contributed by atoms with Crippen LogP contribution in [-0.2, 0) is 0 Å². The predicted octanol–water partition coefficient (Wildman–Crippen LogP) is 1.92. The Balaban J connectivity index is 2.39. The molecule has 2 aromatic rings. The number of thiophene rings is 1. The number of hydrogen-bond donors (Lipinski definition) is 1. The monoisotopic (exact) mass is 262 g/mol. The van der Waals surface area contributed by atoms with E-state index in [0.29, 0.717) is 21.9 Å². The SMILES string of the molecule is C=C(C)CN(C)C(=O)c1sc2nnccc2c1N. The van der Waals surface area contributed by atoms with Gasteiger partial charge in [-0.2, -0.15) is 5.10 Å². The van der Waals surface area contributed by atoms with Crippen molar-refractivity contribution in [1.29, 1.82) is 0 Å². The zero-order valence-electron chi connectivity index (χ0n) is 10.3. The highest BCUT2D eigenvalue weighted by molar-refractivity contribution is 7.21. The van der Waals surface area contributed by atoms with Gasteiger partial charge in [-0.1, -0.05) is 12.2 Å². The number of anilines is 1. The average Bonchev–Trinajstić information content (AvgIpc) is 2.66. The van der Waals surface area contributed by atoms with E-state index in [-0.39, 0.29) is 5.91 Å². The van der Waals surface area contributed by atoms with E-state index in [2.05, 4.69) is 16.8 Å². The van der Waals surface area contributed by atoms with Gasteiger partial charge in [-0.3, -0.25) is 4.79 Å². The van der Waals surface area contributed by atoms with Gasteiger partial charge in [0.1, 0.15) is 9.71 Å². The fourth-order valence-electron chi connectivity index (χ4n) is 1.68. The first-order chi connectivity index (χ1) is 8.50. The molecule has 0 radical (unpaired) electrons. The largest absolute Gasteiger partial charge is 0.397 e. The van der Waals surface area contributed by atoms with Crippen LogP contribution in [0.5, 0.6) is 0 Å². The van der Waals surface area contributed by atoms with E-state index in [4.69, 9.17) is 5.73 Å². The summed E-state index contributed by atoms with van der Waals surface area (Å²) in [6.07, 6.45) is 1.57. The minimum absolute atomic E-state index is 0.112. The molecule has 2 heterocycles. The maximum Gasteiger partial charge on any atom is 0.266 e. The van der Waals surface area contributed by atoms with Gasteiger partial charge in [-0.25, -0.2) is 0 Å². The molecule has 0 fully saturated rings. The van der Waals surface area contributed by atoms with Gasteiger partial charge in [0.05, 0.1) is 11.9 Å². The normalized spacial score (nSPS) is 10.6. The van der Waals surface area contributed by atoms with Gasteiger partial charge < -0.3 is 10.6 Å². The van der Waals surface area contributed by atoms with Gasteiger partial charge in [0, 0.05) is 19.0 Å². The number of rotatable bonds is 3. The third-order valence-electron chi connectivity index (χ3n) is 2.47. The summed E-state index contributed by atoms with van der Waals surface area (Å²) in [5.41, 5.74) is 7.38. The number of hydrogen-bond acceptors (Lipinski definition) is 5. The van der Waals surface area contributed by atoms with Crippen molar-refractivity contribution in [2.45, 2.75) is 6.92 Å². The molecular formula is C12H14N4OS. The Morgan fingerprint density at radius 1 is 1.61 bits per heavy atom. The molecule has 2 rings (SSSR count). The topological polar surface area (TPSA) is 72.1 Å². The Bertz CT molecular complexity index is 620. The molecule has 0 saturated heterocycles. The molecule has 1 amide bonds. The lowest BCUT2D eigenvalue weighted by atomic mass is 10.2. The molecule has 0 saturated carbocycles.